The van der Waals surface area contributed by atoms with Crippen LogP contribution in [-0.4, -0.2) is 4.98 Å². The van der Waals surface area contributed by atoms with Gasteiger partial charge in [-0.2, -0.15) is 26.3 Å². The number of alkyl halides is 6. The van der Waals surface area contributed by atoms with Gasteiger partial charge in [-0.25, -0.2) is 0 Å². The van der Waals surface area contributed by atoms with Crippen molar-refractivity contribution in [2.24, 2.45) is 0 Å². The Balaban J connectivity index is 1.49. The van der Waals surface area contributed by atoms with Crippen molar-refractivity contribution in [3.8, 4) is 5.75 Å². The van der Waals surface area contributed by atoms with Crippen LogP contribution in [0, 0.1) is 0 Å². The van der Waals surface area contributed by atoms with Crippen molar-refractivity contribution in [3.05, 3.63) is 168 Å². The van der Waals surface area contributed by atoms with Crippen molar-refractivity contribution >= 4 is 30.7 Å². The second-order valence-electron chi connectivity index (χ2n) is 11.2. The summed E-state index contributed by atoms with van der Waals surface area (Å²) in [5.41, 5.74) is 1.55. The number of pyridine rings is 1. The van der Waals surface area contributed by atoms with Gasteiger partial charge in [-0.3, -0.25) is 14.3 Å². The summed E-state index contributed by atoms with van der Waals surface area (Å²) in [6.45, 7) is 0. The monoisotopic (exact) mass is 673 g/mol. The van der Waals surface area contributed by atoms with Crippen molar-refractivity contribution in [3.63, 3.8) is 0 Å². The normalized spacial score (nSPS) is 17.2. The summed E-state index contributed by atoms with van der Waals surface area (Å²) in [5.74, 6) is 0.425. The number of benzene rings is 5. The summed E-state index contributed by atoms with van der Waals surface area (Å²) in [7, 11) is -2.01. The third-order valence-electron chi connectivity index (χ3n) is 8.17. The Hall–Kier alpha value is -5.08. The molecule has 48 heavy (non-hydrogen) atoms. The predicted octanol–water partition coefficient (Wildman–Crippen LogP) is 11.4. The van der Waals surface area contributed by atoms with Gasteiger partial charge >= 0.3 is 20.8 Å². The highest BCUT2D eigenvalue weighted by Crippen LogP contribution is 2.67. The van der Waals surface area contributed by atoms with E-state index < -0.39 is 44.0 Å². The van der Waals surface area contributed by atoms with Crippen molar-refractivity contribution in [1.29, 1.82) is 0 Å². The van der Waals surface area contributed by atoms with Crippen molar-refractivity contribution in [2.75, 3.05) is 9.34 Å². The molecule has 2 atom stereocenters. The molecule has 0 aliphatic carbocycles. The largest absolute Gasteiger partial charge is 0.434 e. The van der Waals surface area contributed by atoms with Gasteiger partial charge in [0.1, 0.15) is 5.52 Å². The van der Waals surface area contributed by atoms with Crippen LogP contribution in [-0.2, 0) is 12.4 Å². The van der Waals surface area contributed by atoms with Crippen LogP contribution in [0.1, 0.15) is 34.3 Å². The number of hydrogen-bond acceptors (Lipinski definition) is 4. The quantitative estimate of drug-likeness (QED) is 0.130. The van der Waals surface area contributed by atoms with E-state index in [-0.39, 0.29) is 0 Å². The SMILES string of the molecule is FC(F)(F)c1ccc(N2[C@@H](c3ccccc3)[C@H](c3ccccc3)N(c3ccc(C(F)(F)F)cc3)P2Oc2cccc3cccnc23)cc1. The molecule has 0 bridgehead atoms. The van der Waals surface area contributed by atoms with Gasteiger partial charge in [0.15, 0.2) is 5.75 Å². The van der Waals surface area contributed by atoms with Crippen molar-refractivity contribution in [1.82, 2.24) is 4.98 Å². The number of nitrogens with zero attached hydrogens (tertiary/aromatic N) is 3. The lowest BCUT2D eigenvalue weighted by molar-refractivity contribution is -0.138. The molecule has 0 amide bonds. The van der Waals surface area contributed by atoms with Crippen molar-refractivity contribution < 1.29 is 30.9 Å². The van der Waals surface area contributed by atoms with E-state index in [0.29, 0.717) is 22.6 Å². The third-order valence-corrected chi connectivity index (χ3v) is 10.2. The zero-order valence-corrected chi connectivity index (χ0v) is 25.9. The van der Waals surface area contributed by atoms with Crippen LogP contribution >= 0.6 is 8.45 Å². The van der Waals surface area contributed by atoms with E-state index in [0.717, 1.165) is 40.8 Å². The van der Waals surface area contributed by atoms with Gasteiger partial charge in [0, 0.05) is 23.0 Å². The van der Waals surface area contributed by atoms with Crippen LogP contribution in [0.25, 0.3) is 10.9 Å². The predicted molar refractivity (Wildman–Crippen MR) is 176 cm³/mol. The van der Waals surface area contributed by atoms with E-state index in [4.69, 9.17) is 4.52 Å². The average Bonchev–Trinajstić information content (AvgIpc) is 3.43. The highest BCUT2D eigenvalue weighted by atomic mass is 31.2. The molecular weight excluding hydrogens is 647 g/mol. The summed E-state index contributed by atoms with van der Waals surface area (Å²) in [6, 6.07) is 36.8. The molecule has 1 aliphatic rings. The molecule has 1 fully saturated rings. The van der Waals surface area contributed by atoms with E-state index in [1.165, 1.54) is 24.3 Å². The van der Waals surface area contributed by atoms with Gasteiger partial charge in [-0.15, -0.1) is 0 Å². The lowest BCUT2D eigenvalue weighted by atomic mass is 9.92. The number of hydrogen-bond donors (Lipinski definition) is 0. The van der Waals surface area contributed by atoms with E-state index in [1.54, 1.807) is 18.3 Å². The maximum Gasteiger partial charge on any atom is 0.416 e. The molecule has 0 saturated carbocycles. The number of halogens is 6. The fourth-order valence-electron chi connectivity index (χ4n) is 5.98. The minimum Gasteiger partial charge on any atom is -0.434 e. The summed E-state index contributed by atoms with van der Waals surface area (Å²) >= 11 is 0. The summed E-state index contributed by atoms with van der Waals surface area (Å²) < 4.78 is 93.1. The lowest BCUT2D eigenvalue weighted by Crippen LogP contribution is -2.24. The second kappa shape index (κ2) is 12.5. The fourth-order valence-corrected chi connectivity index (χ4v) is 8.30. The summed E-state index contributed by atoms with van der Waals surface area (Å²) in [5, 5.41) is 0.811. The highest BCUT2D eigenvalue weighted by molar-refractivity contribution is 7.57. The Morgan fingerprint density at radius 1 is 0.521 bits per heavy atom. The Morgan fingerprint density at radius 2 is 0.979 bits per heavy atom. The standard InChI is InChI=1S/C37H26F6N3OP/c38-36(39,40)28-16-20-30(21-17-28)45-34(26-9-3-1-4-10-26)35(27-11-5-2-6-12-27)46(31-22-18-29(19-23-31)37(41,42)43)48(45)47-32-15-7-13-25-14-8-24-44-33(25)32/h1-24,34-35H/t34-,35-/m0/s1. The Kier molecular flexibility index (Phi) is 8.21. The minimum absolute atomic E-state index is 0.425. The molecule has 4 nitrogen and oxygen atoms in total. The molecule has 6 aromatic rings. The van der Waals surface area contributed by atoms with Gasteiger partial charge in [0.25, 0.3) is 0 Å². The average molecular weight is 674 g/mol. The second-order valence-corrected chi connectivity index (χ2v) is 12.7. The lowest BCUT2D eigenvalue weighted by Gasteiger charge is -2.33. The van der Waals surface area contributed by atoms with Crippen LogP contribution in [0.4, 0.5) is 37.7 Å². The molecule has 1 saturated heterocycles. The molecule has 2 heterocycles. The zero-order valence-electron chi connectivity index (χ0n) is 25.0. The van der Waals surface area contributed by atoms with E-state index in [2.05, 4.69) is 4.98 Å². The molecule has 5 aromatic carbocycles. The Bertz CT molecular complexity index is 1890. The third kappa shape index (κ3) is 6.04. The van der Waals surface area contributed by atoms with E-state index >= 15 is 0 Å². The van der Waals surface area contributed by atoms with Crippen LogP contribution in [0.3, 0.4) is 0 Å². The van der Waals surface area contributed by atoms with Crippen LogP contribution < -0.4 is 13.9 Å². The van der Waals surface area contributed by atoms with Gasteiger partial charge in [0.2, 0.25) is 0 Å². The Labute approximate surface area is 273 Å². The molecule has 0 radical (unpaired) electrons. The molecule has 11 heteroatoms. The number of fused-ring (bicyclic) bond motifs is 1. The smallest absolute Gasteiger partial charge is 0.416 e. The molecule has 1 aromatic heterocycles. The van der Waals surface area contributed by atoms with Crippen LogP contribution in [0.2, 0.25) is 0 Å². The fraction of sp³-hybridized carbons (Fsp3) is 0.108. The van der Waals surface area contributed by atoms with Gasteiger partial charge in [-0.05, 0) is 71.8 Å². The van der Waals surface area contributed by atoms with Gasteiger partial charge < -0.3 is 4.52 Å². The first-order chi connectivity index (χ1) is 23.1. The molecule has 242 valence electrons. The summed E-state index contributed by atoms with van der Waals surface area (Å²) in [6.07, 6.45) is -7.45. The van der Waals surface area contributed by atoms with E-state index in [1.807, 2.05) is 88.2 Å². The molecule has 0 N–H and O–H groups in total. The first-order valence-corrected chi connectivity index (χ1v) is 16.1. The minimum atomic E-state index is -4.54. The number of rotatable bonds is 6. The highest BCUT2D eigenvalue weighted by Gasteiger charge is 2.52. The molecule has 0 unspecified atom stereocenters. The topological polar surface area (TPSA) is 28.6 Å². The molecule has 0 spiro atoms. The molecule has 1 aliphatic heterocycles. The van der Waals surface area contributed by atoms with E-state index in [9.17, 15) is 26.3 Å². The Morgan fingerprint density at radius 3 is 1.44 bits per heavy atom. The summed E-state index contributed by atoms with van der Waals surface area (Å²) in [4.78, 5) is 4.55. The van der Waals surface area contributed by atoms with Gasteiger partial charge in [-0.1, -0.05) is 78.9 Å². The molecular formula is C37H26F6N3OP. The maximum atomic E-state index is 13.7. The van der Waals surface area contributed by atoms with Crippen LogP contribution in [0.15, 0.2) is 146 Å². The van der Waals surface area contributed by atoms with Crippen molar-refractivity contribution in [2.45, 2.75) is 24.4 Å². The first kappa shape index (κ1) is 31.5. The molecule has 7 rings (SSSR count). The van der Waals surface area contributed by atoms with Gasteiger partial charge in [0.05, 0.1) is 23.2 Å². The number of anilines is 2. The van der Waals surface area contributed by atoms with Crippen LogP contribution in [0.5, 0.6) is 5.75 Å². The zero-order chi connectivity index (χ0) is 33.5. The first-order valence-electron chi connectivity index (χ1n) is 14.9. The number of aromatic nitrogens is 1. The number of para-hydroxylation sites is 1. The maximum absolute atomic E-state index is 13.7.